The molecule has 2 aromatic rings. The standard InChI is InChI=1S/C13H16N4O2S/c1-3-17-12(9-4-6-10(19-2)7-5-9)15-16-13(17)20-8-11(14)18/h4-7H,3,8H2,1-2H3,(H2,14,18). The first-order valence-corrected chi connectivity index (χ1v) is 7.13. The van der Waals surface area contributed by atoms with Gasteiger partial charge in [-0.05, 0) is 31.2 Å². The SMILES string of the molecule is CCn1c(SCC(N)=O)nnc1-c1ccc(OC)cc1. The summed E-state index contributed by atoms with van der Waals surface area (Å²) >= 11 is 1.29. The fraction of sp³-hybridized carbons (Fsp3) is 0.308. The molecule has 2 N–H and O–H groups in total. The molecule has 0 atom stereocenters. The molecule has 0 aliphatic carbocycles. The Morgan fingerprint density at radius 1 is 1.35 bits per heavy atom. The van der Waals surface area contributed by atoms with Crippen LogP contribution in [0.3, 0.4) is 0 Å². The number of aromatic nitrogens is 3. The van der Waals surface area contributed by atoms with E-state index in [2.05, 4.69) is 10.2 Å². The van der Waals surface area contributed by atoms with E-state index in [9.17, 15) is 4.79 Å². The zero-order valence-corrected chi connectivity index (χ0v) is 12.2. The van der Waals surface area contributed by atoms with Gasteiger partial charge >= 0.3 is 0 Å². The van der Waals surface area contributed by atoms with E-state index in [-0.39, 0.29) is 11.7 Å². The van der Waals surface area contributed by atoms with E-state index >= 15 is 0 Å². The van der Waals surface area contributed by atoms with Crippen LogP contribution in [0.25, 0.3) is 11.4 Å². The van der Waals surface area contributed by atoms with Gasteiger partial charge in [0.1, 0.15) is 5.75 Å². The number of thioether (sulfide) groups is 1. The Hall–Kier alpha value is -2.02. The monoisotopic (exact) mass is 292 g/mol. The van der Waals surface area contributed by atoms with Crippen molar-refractivity contribution in [3.05, 3.63) is 24.3 Å². The molecule has 0 bridgehead atoms. The van der Waals surface area contributed by atoms with Gasteiger partial charge in [0.15, 0.2) is 11.0 Å². The quantitative estimate of drug-likeness (QED) is 0.817. The molecule has 0 radical (unpaired) electrons. The van der Waals surface area contributed by atoms with Gasteiger partial charge in [0.05, 0.1) is 12.9 Å². The number of benzene rings is 1. The highest BCUT2D eigenvalue weighted by atomic mass is 32.2. The number of nitrogens with zero attached hydrogens (tertiary/aromatic N) is 3. The Kier molecular flexibility index (Phi) is 4.62. The highest BCUT2D eigenvalue weighted by Crippen LogP contribution is 2.25. The molecule has 0 aliphatic rings. The summed E-state index contributed by atoms with van der Waals surface area (Å²) in [5.74, 6) is 1.38. The first-order valence-electron chi connectivity index (χ1n) is 6.14. The lowest BCUT2D eigenvalue weighted by Crippen LogP contribution is -2.13. The smallest absolute Gasteiger partial charge is 0.227 e. The van der Waals surface area contributed by atoms with Gasteiger partial charge in [0.25, 0.3) is 0 Å². The molecule has 0 saturated heterocycles. The largest absolute Gasteiger partial charge is 0.497 e. The van der Waals surface area contributed by atoms with Crippen LogP contribution in [0.5, 0.6) is 5.75 Å². The fourth-order valence-corrected chi connectivity index (χ4v) is 2.51. The van der Waals surface area contributed by atoms with E-state index in [1.54, 1.807) is 7.11 Å². The number of hydrogen-bond acceptors (Lipinski definition) is 5. The van der Waals surface area contributed by atoms with Crippen molar-refractivity contribution in [3.8, 4) is 17.1 Å². The molecule has 106 valence electrons. The Bertz CT molecular complexity index is 595. The molecule has 6 nitrogen and oxygen atoms in total. The van der Waals surface area contributed by atoms with Crippen molar-refractivity contribution in [1.29, 1.82) is 0 Å². The van der Waals surface area contributed by atoms with Gasteiger partial charge in [-0.3, -0.25) is 4.79 Å². The normalized spacial score (nSPS) is 10.5. The molecule has 7 heteroatoms. The Morgan fingerprint density at radius 2 is 2.05 bits per heavy atom. The van der Waals surface area contributed by atoms with Gasteiger partial charge in [0.2, 0.25) is 5.91 Å². The van der Waals surface area contributed by atoms with Gasteiger partial charge in [-0.25, -0.2) is 0 Å². The molecule has 0 fully saturated rings. The number of carbonyl (C=O) groups is 1. The summed E-state index contributed by atoms with van der Waals surface area (Å²) in [6.07, 6.45) is 0. The van der Waals surface area contributed by atoms with Crippen molar-refractivity contribution in [3.63, 3.8) is 0 Å². The average Bonchev–Trinajstić information content (AvgIpc) is 2.88. The second-order valence-electron chi connectivity index (χ2n) is 4.03. The highest BCUT2D eigenvalue weighted by Gasteiger charge is 2.13. The number of ether oxygens (including phenoxy) is 1. The van der Waals surface area contributed by atoms with Gasteiger partial charge in [-0.1, -0.05) is 11.8 Å². The van der Waals surface area contributed by atoms with Gasteiger partial charge in [0, 0.05) is 12.1 Å². The number of amides is 1. The van der Waals surface area contributed by atoms with E-state index < -0.39 is 0 Å². The van der Waals surface area contributed by atoms with Crippen LogP contribution < -0.4 is 10.5 Å². The van der Waals surface area contributed by atoms with E-state index in [0.29, 0.717) is 5.16 Å². The lowest BCUT2D eigenvalue weighted by molar-refractivity contribution is -0.115. The molecule has 1 aromatic carbocycles. The summed E-state index contributed by atoms with van der Waals surface area (Å²) < 4.78 is 7.09. The number of nitrogens with two attached hydrogens (primary N) is 1. The van der Waals surface area contributed by atoms with Crippen molar-refractivity contribution < 1.29 is 9.53 Å². The minimum absolute atomic E-state index is 0.195. The van der Waals surface area contributed by atoms with Crippen LogP contribution in [-0.4, -0.2) is 33.5 Å². The first-order chi connectivity index (χ1) is 9.65. The molecule has 0 saturated carbocycles. The fourth-order valence-electron chi connectivity index (χ4n) is 1.77. The molecular formula is C13H16N4O2S. The van der Waals surface area contributed by atoms with E-state index in [1.165, 1.54) is 11.8 Å². The van der Waals surface area contributed by atoms with Crippen LogP contribution in [0.15, 0.2) is 29.4 Å². The summed E-state index contributed by atoms with van der Waals surface area (Å²) in [6.45, 7) is 2.72. The van der Waals surface area contributed by atoms with Crippen LogP contribution in [0, 0.1) is 0 Å². The third-order valence-electron chi connectivity index (χ3n) is 2.72. The summed E-state index contributed by atoms with van der Waals surface area (Å²) in [4.78, 5) is 10.8. The van der Waals surface area contributed by atoms with Crippen LogP contribution in [0.2, 0.25) is 0 Å². The van der Waals surface area contributed by atoms with Crippen molar-refractivity contribution in [1.82, 2.24) is 14.8 Å². The van der Waals surface area contributed by atoms with E-state index in [0.717, 1.165) is 23.7 Å². The molecule has 0 unspecified atom stereocenters. The van der Waals surface area contributed by atoms with Crippen molar-refractivity contribution in [2.24, 2.45) is 5.73 Å². The maximum atomic E-state index is 10.8. The molecule has 1 heterocycles. The second-order valence-corrected chi connectivity index (χ2v) is 4.98. The zero-order chi connectivity index (χ0) is 14.5. The summed E-state index contributed by atoms with van der Waals surface area (Å²) in [7, 11) is 1.63. The summed E-state index contributed by atoms with van der Waals surface area (Å²) in [5, 5.41) is 9.00. The lowest BCUT2D eigenvalue weighted by atomic mass is 10.2. The third kappa shape index (κ3) is 3.11. The Balaban J connectivity index is 2.28. The average molecular weight is 292 g/mol. The molecule has 2 rings (SSSR count). The zero-order valence-electron chi connectivity index (χ0n) is 11.4. The van der Waals surface area contributed by atoms with Crippen LogP contribution in [0.1, 0.15) is 6.92 Å². The molecule has 20 heavy (non-hydrogen) atoms. The van der Waals surface area contributed by atoms with Crippen LogP contribution in [-0.2, 0) is 11.3 Å². The number of carbonyl (C=O) groups excluding carboxylic acids is 1. The van der Waals surface area contributed by atoms with Crippen molar-refractivity contribution in [2.75, 3.05) is 12.9 Å². The van der Waals surface area contributed by atoms with E-state index in [1.807, 2.05) is 35.8 Å². The van der Waals surface area contributed by atoms with Crippen molar-refractivity contribution in [2.45, 2.75) is 18.6 Å². The number of primary amides is 1. The lowest BCUT2D eigenvalue weighted by Gasteiger charge is -2.07. The molecule has 0 aliphatic heterocycles. The van der Waals surface area contributed by atoms with Crippen LogP contribution >= 0.6 is 11.8 Å². The minimum Gasteiger partial charge on any atom is -0.497 e. The van der Waals surface area contributed by atoms with Crippen LogP contribution in [0.4, 0.5) is 0 Å². The first kappa shape index (κ1) is 14.4. The van der Waals surface area contributed by atoms with E-state index in [4.69, 9.17) is 10.5 Å². The molecular weight excluding hydrogens is 276 g/mol. The second kappa shape index (κ2) is 6.42. The predicted molar refractivity (Wildman–Crippen MR) is 77.6 cm³/mol. The topological polar surface area (TPSA) is 83.0 Å². The van der Waals surface area contributed by atoms with Gasteiger partial charge in [-0.15, -0.1) is 10.2 Å². The molecule has 1 aromatic heterocycles. The highest BCUT2D eigenvalue weighted by molar-refractivity contribution is 7.99. The number of hydrogen-bond donors (Lipinski definition) is 1. The maximum absolute atomic E-state index is 10.8. The maximum Gasteiger partial charge on any atom is 0.227 e. The Labute approximate surface area is 121 Å². The summed E-state index contributed by atoms with van der Waals surface area (Å²) in [5.41, 5.74) is 6.10. The third-order valence-corrected chi connectivity index (χ3v) is 3.71. The van der Waals surface area contributed by atoms with Gasteiger partial charge in [-0.2, -0.15) is 0 Å². The molecule has 1 amide bonds. The Morgan fingerprint density at radius 3 is 2.60 bits per heavy atom. The molecule has 0 spiro atoms. The van der Waals surface area contributed by atoms with Crippen molar-refractivity contribution >= 4 is 17.7 Å². The predicted octanol–water partition coefficient (Wildman–Crippen LogP) is 1.55. The minimum atomic E-state index is -0.369. The number of methoxy groups -OCH3 is 1. The number of rotatable bonds is 6. The summed E-state index contributed by atoms with van der Waals surface area (Å²) in [6, 6.07) is 7.61. The van der Waals surface area contributed by atoms with Gasteiger partial charge < -0.3 is 15.0 Å².